The van der Waals surface area contributed by atoms with Crippen LogP contribution in [0.15, 0.2) is 47.1 Å². The quantitative estimate of drug-likeness (QED) is 0.565. The normalized spacial score (nSPS) is 12.9. The Morgan fingerprint density at radius 1 is 1.04 bits per heavy atom. The molecular formula is C20H23NO6. The number of amides is 1. The first kappa shape index (κ1) is 20.2. The molecule has 2 atom stereocenters. The molecule has 1 heterocycles. The van der Waals surface area contributed by atoms with E-state index >= 15 is 0 Å². The lowest BCUT2D eigenvalue weighted by Crippen LogP contribution is -2.46. The topological polar surface area (TPSA) is 94.8 Å². The molecule has 1 aromatic carbocycles. The minimum atomic E-state index is -0.993. The van der Waals surface area contributed by atoms with E-state index in [0.29, 0.717) is 11.3 Å². The van der Waals surface area contributed by atoms with Crippen molar-refractivity contribution >= 4 is 17.7 Å². The summed E-state index contributed by atoms with van der Waals surface area (Å²) >= 11 is 0. The van der Waals surface area contributed by atoms with E-state index in [0.717, 1.165) is 0 Å². The van der Waals surface area contributed by atoms with Crippen LogP contribution in [0.25, 0.3) is 0 Å². The fourth-order valence-electron chi connectivity index (χ4n) is 2.41. The molecule has 0 unspecified atom stereocenters. The van der Waals surface area contributed by atoms with Gasteiger partial charge in [0.05, 0.1) is 13.4 Å². The Kier molecular flexibility index (Phi) is 6.76. The highest BCUT2D eigenvalue weighted by atomic mass is 16.5. The molecule has 0 aliphatic heterocycles. The molecule has 2 aromatic rings. The van der Waals surface area contributed by atoms with Crippen LogP contribution < -0.4 is 10.1 Å². The first-order valence-electron chi connectivity index (χ1n) is 8.56. The fourth-order valence-corrected chi connectivity index (χ4v) is 2.41. The number of methoxy groups -OCH3 is 1. The maximum Gasteiger partial charge on any atom is 0.329 e. The van der Waals surface area contributed by atoms with Crippen molar-refractivity contribution < 1.29 is 28.3 Å². The summed E-state index contributed by atoms with van der Waals surface area (Å²) in [7, 11) is 1.53. The van der Waals surface area contributed by atoms with Gasteiger partial charge in [-0.1, -0.05) is 13.8 Å². The van der Waals surface area contributed by atoms with Gasteiger partial charge in [0.1, 0.15) is 11.8 Å². The predicted octanol–water partition coefficient (Wildman–Crippen LogP) is 2.86. The molecule has 0 saturated heterocycles. The number of nitrogens with one attached hydrogen (secondary N) is 1. The number of furan rings is 1. The van der Waals surface area contributed by atoms with E-state index in [1.807, 2.05) is 0 Å². The van der Waals surface area contributed by atoms with Crippen LogP contribution in [0, 0.1) is 5.92 Å². The Balaban J connectivity index is 2.02. The van der Waals surface area contributed by atoms with E-state index in [1.165, 1.54) is 26.4 Å². The smallest absolute Gasteiger partial charge is 0.329 e. The number of hydrogen-bond donors (Lipinski definition) is 1. The number of rotatable bonds is 8. The molecule has 0 spiro atoms. The summed E-state index contributed by atoms with van der Waals surface area (Å²) < 4.78 is 15.4. The van der Waals surface area contributed by atoms with Crippen molar-refractivity contribution in [3.05, 3.63) is 54.0 Å². The summed E-state index contributed by atoms with van der Waals surface area (Å²) in [6.45, 7) is 5.03. The summed E-state index contributed by atoms with van der Waals surface area (Å²) in [6.07, 6.45) is 0.375. The Labute approximate surface area is 157 Å². The number of carbonyl (C=O) groups excluding carboxylic acids is 3. The molecule has 0 fully saturated rings. The molecular weight excluding hydrogens is 350 g/mol. The number of carbonyl (C=O) groups is 3. The molecule has 27 heavy (non-hydrogen) atoms. The van der Waals surface area contributed by atoms with Crippen LogP contribution in [-0.2, 0) is 9.53 Å². The number of benzene rings is 1. The van der Waals surface area contributed by atoms with Gasteiger partial charge in [0.2, 0.25) is 5.78 Å². The summed E-state index contributed by atoms with van der Waals surface area (Å²) in [6, 6.07) is 8.67. The summed E-state index contributed by atoms with van der Waals surface area (Å²) in [5.41, 5.74) is 0.400. The summed E-state index contributed by atoms with van der Waals surface area (Å²) in [4.78, 5) is 37.1. The molecule has 144 valence electrons. The zero-order valence-corrected chi connectivity index (χ0v) is 15.7. The lowest BCUT2D eigenvalue weighted by Gasteiger charge is -2.22. The van der Waals surface area contributed by atoms with Crippen LogP contribution >= 0.6 is 0 Å². The number of esters is 1. The number of hydrogen-bond acceptors (Lipinski definition) is 6. The van der Waals surface area contributed by atoms with Crippen LogP contribution in [0.4, 0.5) is 0 Å². The van der Waals surface area contributed by atoms with Crippen molar-refractivity contribution in [3.8, 4) is 5.75 Å². The predicted molar refractivity (Wildman–Crippen MR) is 97.7 cm³/mol. The van der Waals surface area contributed by atoms with E-state index in [2.05, 4.69) is 5.32 Å². The molecule has 1 N–H and O–H groups in total. The maximum absolute atomic E-state index is 12.5. The molecule has 0 bridgehead atoms. The van der Waals surface area contributed by atoms with Gasteiger partial charge >= 0.3 is 5.97 Å². The average molecular weight is 373 g/mol. The molecule has 1 amide bonds. The molecule has 0 radical (unpaired) electrons. The summed E-state index contributed by atoms with van der Waals surface area (Å²) in [5, 5.41) is 2.58. The van der Waals surface area contributed by atoms with Crippen molar-refractivity contribution in [3.63, 3.8) is 0 Å². The molecule has 1 aromatic heterocycles. The zero-order valence-electron chi connectivity index (χ0n) is 15.7. The van der Waals surface area contributed by atoms with Gasteiger partial charge in [0.15, 0.2) is 11.9 Å². The van der Waals surface area contributed by atoms with Gasteiger partial charge in [-0.2, -0.15) is 0 Å². The maximum atomic E-state index is 12.5. The van der Waals surface area contributed by atoms with Crippen molar-refractivity contribution in [1.82, 2.24) is 5.32 Å². The average Bonchev–Trinajstić information content (AvgIpc) is 3.19. The largest absolute Gasteiger partial charge is 0.497 e. The molecule has 7 heteroatoms. The van der Waals surface area contributed by atoms with Crippen LogP contribution in [0.5, 0.6) is 5.75 Å². The lowest BCUT2D eigenvalue weighted by atomic mass is 10.0. The van der Waals surface area contributed by atoms with Crippen LogP contribution in [0.2, 0.25) is 0 Å². The van der Waals surface area contributed by atoms with Gasteiger partial charge in [-0.05, 0) is 49.2 Å². The van der Waals surface area contributed by atoms with E-state index in [1.54, 1.807) is 44.2 Å². The highest BCUT2D eigenvalue weighted by Gasteiger charge is 2.30. The monoisotopic (exact) mass is 373 g/mol. The second-order valence-electron chi connectivity index (χ2n) is 6.34. The molecule has 2 rings (SSSR count). The Morgan fingerprint density at radius 2 is 1.70 bits per heavy atom. The Bertz CT molecular complexity index is 779. The SMILES string of the molecule is COc1ccc(C(=O)[C@@H](C)OC(=O)[C@@H](NC(=O)c2ccco2)C(C)C)cc1. The Morgan fingerprint density at radius 3 is 2.22 bits per heavy atom. The van der Waals surface area contributed by atoms with Gasteiger partial charge in [0.25, 0.3) is 5.91 Å². The highest BCUT2D eigenvalue weighted by Crippen LogP contribution is 2.15. The third kappa shape index (κ3) is 5.20. The first-order valence-corrected chi connectivity index (χ1v) is 8.56. The fraction of sp³-hybridized carbons (Fsp3) is 0.350. The number of ketones is 1. The van der Waals surface area contributed by atoms with Gasteiger partial charge in [-0.15, -0.1) is 0 Å². The molecule has 7 nitrogen and oxygen atoms in total. The zero-order chi connectivity index (χ0) is 20.0. The van der Waals surface area contributed by atoms with Crippen molar-refractivity contribution in [1.29, 1.82) is 0 Å². The van der Waals surface area contributed by atoms with E-state index in [-0.39, 0.29) is 17.5 Å². The van der Waals surface area contributed by atoms with Crippen LogP contribution in [-0.4, -0.2) is 36.9 Å². The first-order chi connectivity index (χ1) is 12.8. The van der Waals surface area contributed by atoms with Gasteiger partial charge in [-0.3, -0.25) is 9.59 Å². The van der Waals surface area contributed by atoms with Crippen molar-refractivity contribution in [2.75, 3.05) is 7.11 Å². The third-order valence-electron chi connectivity index (χ3n) is 3.99. The molecule has 0 aliphatic carbocycles. The van der Waals surface area contributed by atoms with Gasteiger partial charge in [-0.25, -0.2) is 4.79 Å². The minimum absolute atomic E-state index is 0.0933. The standard InChI is InChI=1S/C20H23NO6/c1-12(2)17(21-19(23)16-6-5-11-26-16)20(24)27-13(3)18(22)14-7-9-15(25-4)10-8-14/h5-13,17H,1-4H3,(H,21,23)/t13-,17+/m1/s1. The van der Waals surface area contributed by atoms with Crippen LogP contribution in [0.3, 0.4) is 0 Å². The number of Topliss-reactive ketones (excluding diaryl/α,β-unsaturated/α-hetero) is 1. The highest BCUT2D eigenvalue weighted by molar-refractivity contribution is 6.01. The summed E-state index contributed by atoms with van der Waals surface area (Å²) in [5.74, 6) is -1.07. The molecule has 0 aliphatic rings. The van der Waals surface area contributed by atoms with Crippen molar-refractivity contribution in [2.24, 2.45) is 5.92 Å². The van der Waals surface area contributed by atoms with Gasteiger partial charge in [0, 0.05) is 5.56 Å². The van der Waals surface area contributed by atoms with E-state index < -0.39 is 24.0 Å². The minimum Gasteiger partial charge on any atom is -0.497 e. The van der Waals surface area contributed by atoms with Crippen LogP contribution in [0.1, 0.15) is 41.7 Å². The lowest BCUT2D eigenvalue weighted by molar-refractivity contribution is -0.149. The second-order valence-corrected chi connectivity index (χ2v) is 6.34. The van der Waals surface area contributed by atoms with E-state index in [9.17, 15) is 14.4 Å². The number of ether oxygens (including phenoxy) is 2. The third-order valence-corrected chi connectivity index (χ3v) is 3.99. The Hall–Kier alpha value is -3.09. The molecule has 0 saturated carbocycles. The second kappa shape index (κ2) is 9.02. The van der Waals surface area contributed by atoms with E-state index in [4.69, 9.17) is 13.9 Å². The van der Waals surface area contributed by atoms with Gasteiger partial charge < -0.3 is 19.2 Å². The van der Waals surface area contributed by atoms with Crippen molar-refractivity contribution in [2.45, 2.75) is 32.9 Å².